The quantitative estimate of drug-likeness (QED) is 0.651. The molecule has 0 atom stereocenters. The average molecular weight is 172 g/mol. The van der Waals surface area contributed by atoms with Gasteiger partial charge < -0.3 is 0 Å². The molecule has 0 bridgehead atoms. The molecule has 0 spiro atoms. The Labute approximate surface area is 78.2 Å². The molecule has 66 valence electrons. The smallest absolute Gasteiger partial charge is 0.0998 e. The Morgan fingerprint density at radius 3 is 2.77 bits per heavy atom. The molecule has 2 nitrogen and oxygen atoms in total. The molecule has 0 aliphatic heterocycles. The fraction of sp³-hybridized carbons (Fsp3) is 0.455. The lowest BCUT2D eigenvalue weighted by molar-refractivity contribution is 0.212. The third-order valence-corrected chi connectivity index (χ3v) is 2.76. The van der Waals surface area contributed by atoms with Crippen molar-refractivity contribution in [2.75, 3.05) is 0 Å². The predicted molar refractivity (Wildman–Crippen MR) is 49.9 cm³/mol. The second kappa shape index (κ2) is 2.85. The van der Waals surface area contributed by atoms with Crippen LogP contribution in [-0.2, 0) is 5.41 Å². The molecule has 1 aliphatic rings. The van der Waals surface area contributed by atoms with Crippen LogP contribution in [0.3, 0.4) is 0 Å². The van der Waals surface area contributed by atoms with E-state index in [4.69, 9.17) is 5.26 Å². The van der Waals surface area contributed by atoms with Crippen molar-refractivity contribution in [2.45, 2.75) is 25.2 Å². The van der Waals surface area contributed by atoms with Crippen molar-refractivity contribution < 1.29 is 0 Å². The summed E-state index contributed by atoms with van der Waals surface area (Å²) in [6.45, 7) is 2.18. The fourth-order valence-electron chi connectivity index (χ4n) is 2.13. The number of hydrogen-bond donors (Lipinski definition) is 0. The van der Waals surface area contributed by atoms with Crippen molar-refractivity contribution in [1.29, 1.82) is 5.26 Å². The van der Waals surface area contributed by atoms with Crippen LogP contribution in [-0.4, -0.2) is 4.98 Å². The standard InChI is InChI=1S/C11H12N2/c1-9-6-11(7-9,8-12)10-4-2-3-5-13-10/h2-5,9H,6-7H2,1H3/t9-,11+. The van der Waals surface area contributed by atoms with E-state index in [1.54, 1.807) is 6.20 Å². The van der Waals surface area contributed by atoms with Crippen molar-refractivity contribution in [1.82, 2.24) is 4.98 Å². The lowest BCUT2D eigenvalue weighted by atomic mass is 9.62. The van der Waals surface area contributed by atoms with E-state index < -0.39 is 0 Å². The number of nitrogens with zero attached hydrogens (tertiary/aromatic N) is 2. The Kier molecular flexibility index (Phi) is 1.81. The maximum absolute atomic E-state index is 9.12. The average Bonchev–Trinajstić information content (AvgIpc) is 2.14. The number of rotatable bonds is 1. The van der Waals surface area contributed by atoms with Crippen molar-refractivity contribution in [3.8, 4) is 6.07 Å². The highest BCUT2D eigenvalue weighted by Gasteiger charge is 2.44. The highest BCUT2D eigenvalue weighted by molar-refractivity contribution is 5.30. The Morgan fingerprint density at radius 2 is 2.31 bits per heavy atom. The van der Waals surface area contributed by atoms with Gasteiger partial charge in [-0.1, -0.05) is 13.0 Å². The topological polar surface area (TPSA) is 36.7 Å². The van der Waals surface area contributed by atoms with Crippen LogP contribution in [0.2, 0.25) is 0 Å². The summed E-state index contributed by atoms with van der Waals surface area (Å²) in [5.74, 6) is 0.668. The van der Waals surface area contributed by atoms with Crippen LogP contribution in [0.4, 0.5) is 0 Å². The lowest BCUT2D eigenvalue weighted by Gasteiger charge is -2.40. The summed E-state index contributed by atoms with van der Waals surface area (Å²) >= 11 is 0. The largest absolute Gasteiger partial charge is 0.260 e. The van der Waals surface area contributed by atoms with Crippen molar-refractivity contribution in [2.24, 2.45) is 5.92 Å². The summed E-state index contributed by atoms with van der Waals surface area (Å²) in [4.78, 5) is 4.26. The van der Waals surface area contributed by atoms with Crippen LogP contribution < -0.4 is 0 Å². The van der Waals surface area contributed by atoms with Gasteiger partial charge in [0.15, 0.2) is 0 Å². The molecule has 2 heteroatoms. The molecule has 0 unspecified atom stereocenters. The zero-order valence-electron chi connectivity index (χ0n) is 7.70. The predicted octanol–water partition coefficient (Wildman–Crippen LogP) is 2.27. The van der Waals surface area contributed by atoms with E-state index in [0.29, 0.717) is 5.92 Å². The number of pyridine rings is 1. The second-order valence-electron chi connectivity index (χ2n) is 3.92. The summed E-state index contributed by atoms with van der Waals surface area (Å²) < 4.78 is 0. The first-order valence-electron chi connectivity index (χ1n) is 4.60. The summed E-state index contributed by atoms with van der Waals surface area (Å²) in [5.41, 5.74) is 0.663. The van der Waals surface area contributed by atoms with Crippen LogP contribution in [0.5, 0.6) is 0 Å². The molecule has 0 amide bonds. The zero-order valence-corrected chi connectivity index (χ0v) is 7.70. The molecule has 1 aliphatic carbocycles. The van der Waals surface area contributed by atoms with E-state index in [0.717, 1.165) is 18.5 Å². The Morgan fingerprint density at radius 1 is 1.54 bits per heavy atom. The maximum Gasteiger partial charge on any atom is 0.0998 e. The molecule has 0 N–H and O–H groups in total. The molecule has 0 radical (unpaired) electrons. The van der Waals surface area contributed by atoms with Crippen LogP contribution in [0, 0.1) is 17.2 Å². The third-order valence-electron chi connectivity index (χ3n) is 2.76. The van der Waals surface area contributed by atoms with Gasteiger partial charge in [-0.3, -0.25) is 4.98 Å². The first kappa shape index (κ1) is 8.25. The van der Waals surface area contributed by atoms with Gasteiger partial charge in [0.1, 0.15) is 0 Å². The van der Waals surface area contributed by atoms with E-state index in [9.17, 15) is 0 Å². The Bertz CT molecular complexity index is 331. The molecule has 13 heavy (non-hydrogen) atoms. The molecular weight excluding hydrogens is 160 g/mol. The number of hydrogen-bond acceptors (Lipinski definition) is 2. The summed E-state index contributed by atoms with van der Waals surface area (Å²) in [6.07, 6.45) is 3.68. The van der Waals surface area contributed by atoms with Crippen molar-refractivity contribution in [3.63, 3.8) is 0 Å². The molecule has 1 fully saturated rings. The minimum atomic E-state index is -0.277. The van der Waals surface area contributed by atoms with Crippen molar-refractivity contribution >= 4 is 0 Å². The van der Waals surface area contributed by atoms with E-state index in [2.05, 4.69) is 18.0 Å². The van der Waals surface area contributed by atoms with Gasteiger partial charge in [0.05, 0.1) is 17.2 Å². The van der Waals surface area contributed by atoms with Gasteiger partial charge >= 0.3 is 0 Å². The Hall–Kier alpha value is -1.36. The summed E-state index contributed by atoms with van der Waals surface area (Å²) in [5, 5.41) is 9.12. The van der Waals surface area contributed by atoms with Gasteiger partial charge in [-0.2, -0.15) is 5.26 Å². The minimum absolute atomic E-state index is 0.277. The van der Waals surface area contributed by atoms with E-state index in [1.807, 2.05) is 18.2 Å². The maximum atomic E-state index is 9.12. The third kappa shape index (κ3) is 1.21. The monoisotopic (exact) mass is 172 g/mol. The van der Waals surface area contributed by atoms with Gasteiger partial charge in [0.2, 0.25) is 0 Å². The second-order valence-corrected chi connectivity index (χ2v) is 3.92. The van der Waals surface area contributed by atoms with E-state index in [-0.39, 0.29) is 5.41 Å². The van der Waals surface area contributed by atoms with Crippen LogP contribution >= 0.6 is 0 Å². The van der Waals surface area contributed by atoms with Gasteiger partial charge in [0, 0.05) is 6.20 Å². The summed E-state index contributed by atoms with van der Waals surface area (Å²) in [7, 11) is 0. The van der Waals surface area contributed by atoms with Crippen LogP contribution in [0.25, 0.3) is 0 Å². The Balaban J connectivity index is 2.31. The highest BCUT2D eigenvalue weighted by Crippen LogP contribution is 2.46. The molecule has 0 aromatic carbocycles. The van der Waals surface area contributed by atoms with Crippen molar-refractivity contribution in [3.05, 3.63) is 30.1 Å². The molecule has 1 heterocycles. The molecular formula is C11H12N2. The zero-order chi connectivity index (χ0) is 9.31. The van der Waals surface area contributed by atoms with Gasteiger partial charge in [-0.05, 0) is 30.9 Å². The molecule has 2 rings (SSSR count). The SMILES string of the molecule is C[C@H]1C[C@@](C#N)(c2ccccn2)C1. The molecule has 0 saturated heterocycles. The van der Waals surface area contributed by atoms with Gasteiger partial charge in [0.25, 0.3) is 0 Å². The molecule has 1 saturated carbocycles. The first-order chi connectivity index (χ1) is 6.27. The van der Waals surface area contributed by atoms with Crippen LogP contribution in [0.1, 0.15) is 25.5 Å². The van der Waals surface area contributed by atoms with Gasteiger partial charge in [-0.25, -0.2) is 0 Å². The van der Waals surface area contributed by atoms with Gasteiger partial charge in [-0.15, -0.1) is 0 Å². The molecule has 1 aromatic rings. The number of nitriles is 1. The number of aromatic nitrogens is 1. The first-order valence-corrected chi connectivity index (χ1v) is 4.60. The normalized spacial score (nSPS) is 31.8. The van der Waals surface area contributed by atoms with E-state index in [1.165, 1.54) is 0 Å². The highest BCUT2D eigenvalue weighted by atomic mass is 14.7. The fourth-order valence-corrected chi connectivity index (χ4v) is 2.13. The minimum Gasteiger partial charge on any atom is -0.260 e. The van der Waals surface area contributed by atoms with E-state index >= 15 is 0 Å². The molecule has 1 aromatic heterocycles. The lowest BCUT2D eigenvalue weighted by Crippen LogP contribution is -2.39. The summed E-state index contributed by atoms with van der Waals surface area (Å²) in [6, 6.07) is 8.19. The van der Waals surface area contributed by atoms with Crippen LogP contribution in [0.15, 0.2) is 24.4 Å².